The fourth-order valence-corrected chi connectivity index (χ4v) is 4.95. The van der Waals surface area contributed by atoms with Gasteiger partial charge in [-0.25, -0.2) is 8.42 Å². The number of halogens is 1. The molecular formula is C25H22BrNO4S. The van der Waals surface area contributed by atoms with E-state index in [1.165, 1.54) is 12.1 Å². The first kappa shape index (κ1) is 22.5. The van der Waals surface area contributed by atoms with Crippen molar-refractivity contribution < 1.29 is 13.5 Å². The van der Waals surface area contributed by atoms with E-state index in [1.54, 1.807) is 29.7 Å². The Morgan fingerprint density at radius 2 is 1.62 bits per heavy atom. The Morgan fingerprint density at radius 1 is 0.969 bits per heavy atom. The van der Waals surface area contributed by atoms with E-state index in [2.05, 4.69) is 15.9 Å². The van der Waals surface area contributed by atoms with Gasteiger partial charge in [-0.2, -0.15) is 0 Å². The van der Waals surface area contributed by atoms with Gasteiger partial charge in [0.15, 0.2) is 9.84 Å². The van der Waals surface area contributed by atoms with Crippen molar-refractivity contribution in [2.75, 3.05) is 6.26 Å². The van der Waals surface area contributed by atoms with Crippen molar-refractivity contribution in [2.24, 2.45) is 0 Å². The number of hydrogen-bond donors (Lipinski definition) is 1. The van der Waals surface area contributed by atoms with Crippen LogP contribution in [0.4, 0.5) is 0 Å². The van der Waals surface area contributed by atoms with E-state index in [4.69, 9.17) is 0 Å². The highest BCUT2D eigenvalue weighted by Gasteiger charge is 2.21. The summed E-state index contributed by atoms with van der Waals surface area (Å²) in [5, 5.41) is 12.1. The van der Waals surface area contributed by atoms with Gasteiger partial charge >= 0.3 is 0 Å². The maximum Gasteiger partial charge on any atom is 0.259 e. The van der Waals surface area contributed by atoms with Crippen LogP contribution in [-0.2, 0) is 16.4 Å². The van der Waals surface area contributed by atoms with Gasteiger partial charge in [-0.05, 0) is 53.8 Å². The zero-order valence-electron chi connectivity index (χ0n) is 17.6. The van der Waals surface area contributed by atoms with Crippen molar-refractivity contribution in [2.45, 2.75) is 24.5 Å². The van der Waals surface area contributed by atoms with E-state index in [1.807, 2.05) is 42.5 Å². The first-order valence-corrected chi connectivity index (χ1v) is 12.7. The molecule has 164 valence electrons. The van der Waals surface area contributed by atoms with E-state index >= 15 is 0 Å². The number of rotatable bonds is 5. The predicted molar refractivity (Wildman–Crippen MR) is 131 cm³/mol. The van der Waals surface area contributed by atoms with Gasteiger partial charge in [-0.15, -0.1) is 0 Å². The fourth-order valence-electron chi connectivity index (χ4n) is 3.96. The summed E-state index contributed by atoms with van der Waals surface area (Å²) in [6.45, 7) is 1.85. The molecule has 1 heterocycles. The molecule has 0 radical (unpaired) electrons. The molecule has 0 saturated heterocycles. The smallest absolute Gasteiger partial charge is 0.259 e. The Morgan fingerprint density at radius 3 is 2.22 bits per heavy atom. The summed E-state index contributed by atoms with van der Waals surface area (Å²) in [6, 6.07) is 21.6. The number of benzene rings is 3. The summed E-state index contributed by atoms with van der Waals surface area (Å²) >= 11 is 3.50. The number of aliphatic hydroxyl groups excluding tert-OH is 1. The Labute approximate surface area is 195 Å². The number of hydrogen-bond acceptors (Lipinski definition) is 4. The van der Waals surface area contributed by atoms with Crippen molar-refractivity contribution in [1.82, 2.24) is 4.57 Å². The summed E-state index contributed by atoms with van der Waals surface area (Å²) in [5.74, 6) is 0. The monoisotopic (exact) mass is 511 g/mol. The lowest BCUT2D eigenvalue weighted by molar-refractivity contribution is 0.189. The van der Waals surface area contributed by atoms with Crippen molar-refractivity contribution in [3.63, 3.8) is 0 Å². The van der Waals surface area contributed by atoms with Crippen LogP contribution in [0.15, 0.2) is 87.0 Å². The third-order valence-corrected chi connectivity index (χ3v) is 7.05. The minimum absolute atomic E-state index is 0.203. The molecule has 5 nitrogen and oxygen atoms in total. The van der Waals surface area contributed by atoms with Crippen LogP contribution in [0.25, 0.3) is 21.9 Å². The molecule has 0 amide bonds. The van der Waals surface area contributed by atoms with E-state index in [0.29, 0.717) is 11.1 Å². The summed E-state index contributed by atoms with van der Waals surface area (Å²) in [5.41, 5.74) is 2.75. The fraction of sp³-hybridized carbons (Fsp3) is 0.160. The van der Waals surface area contributed by atoms with Crippen LogP contribution >= 0.6 is 15.9 Å². The summed E-state index contributed by atoms with van der Waals surface area (Å²) in [4.78, 5) is 13.7. The Kier molecular flexibility index (Phi) is 6.07. The molecule has 0 aliphatic rings. The highest BCUT2D eigenvalue weighted by atomic mass is 79.9. The molecule has 0 fully saturated rings. The molecule has 4 rings (SSSR count). The maximum atomic E-state index is 13.5. The Bertz CT molecular complexity index is 1460. The second kappa shape index (κ2) is 8.65. The molecule has 0 aliphatic carbocycles. The zero-order valence-corrected chi connectivity index (χ0v) is 20.0. The zero-order chi connectivity index (χ0) is 23.0. The average molecular weight is 512 g/mol. The second-order valence-corrected chi connectivity index (χ2v) is 10.7. The molecule has 7 heteroatoms. The first-order valence-electron chi connectivity index (χ1n) is 10.1. The van der Waals surface area contributed by atoms with Crippen molar-refractivity contribution in [3.05, 3.63) is 98.9 Å². The first-order chi connectivity index (χ1) is 15.2. The summed E-state index contributed by atoms with van der Waals surface area (Å²) in [7, 11) is -3.31. The molecule has 1 aromatic heterocycles. The maximum absolute atomic E-state index is 13.5. The van der Waals surface area contributed by atoms with Crippen molar-refractivity contribution in [1.29, 1.82) is 0 Å². The quantitative estimate of drug-likeness (QED) is 0.411. The van der Waals surface area contributed by atoms with Crippen LogP contribution in [0.2, 0.25) is 0 Å². The number of pyridine rings is 1. The lowest BCUT2D eigenvalue weighted by atomic mass is 9.94. The van der Waals surface area contributed by atoms with Gasteiger partial charge in [0.1, 0.15) is 0 Å². The molecule has 3 aromatic carbocycles. The predicted octanol–water partition coefficient (Wildman–Crippen LogP) is 4.94. The number of nitrogens with zero attached hydrogens (tertiary/aromatic N) is 1. The number of fused-ring (bicyclic) bond motifs is 1. The molecule has 0 spiro atoms. The van der Waals surface area contributed by atoms with Gasteiger partial charge in [-0.3, -0.25) is 4.79 Å². The lowest BCUT2D eigenvalue weighted by Crippen LogP contribution is -2.26. The van der Waals surface area contributed by atoms with Gasteiger partial charge in [0.05, 0.1) is 23.2 Å². The second-order valence-electron chi connectivity index (χ2n) is 7.80. The van der Waals surface area contributed by atoms with Gasteiger partial charge in [0.2, 0.25) is 0 Å². The average Bonchev–Trinajstić information content (AvgIpc) is 2.75. The lowest BCUT2D eigenvalue weighted by Gasteiger charge is -2.22. The van der Waals surface area contributed by atoms with E-state index < -0.39 is 15.9 Å². The van der Waals surface area contributed by atoms with Crippen LogP contribution in [0.5, 0.6) is 0 Å². The largest absolute Gasteiger partial charge is 0.387 e. The summed E-state index contributed by atoms with van der Waals surface area (Å²) < 4.78 is 26.0. The molecule has 1 atom stereocenters. The van der Waals surface area contributed by atoms with Gasteiger partial charge in [0.25, 0.3) is 5.56 Å². The minimum Gasteiger partial charge on any atom is -0.387 e. The van der Waals surface area contributed by atoms with Gasteiger partial charge in [-0.1, -0.05) is 58.4 Å². The normalized spacial score (nSPS) is 12.8. The molecule has 1 unspecified atom stereocenters. The molecular weight excluding hydrogens is 490 g/mol. The van der Waals surface area contributed by atoms with Crippen LogP contribution in [0.1, 0.15) is 24.3 Å². The van der Waals surface area contributed by atoms with Crippen LogP contribution in [-0.4, -0.2) is 24.3 Å². The highest BCUT2D eigenvalue weighted by Crippen LogP contribution is 2.35. The molecule has 4 aromatic rings. The van der Waals surface area contributed by atoms with Crippen molar-refractivity contribution >= 4 is 36.5 Å². The highest BCUT2D eigenvalue weighted by molar-refractivity contribution is 9.10. The molecule has 0 bridgehead atoms. The van der Waals surface area contributed by atoms with Crippen LogP contribution < -0.4 is 5.56 Å². The van der Waals surface area contributed by atoms with Crippen molar-refractivity contribution in [3.8, 4) is 11.1 Å². The SMILES string of the molecule is CC(O)c1c(-c2ccccc2)c2cc(Br)ccc2c(=O)n1Cc1ccc(S(C)(=O)=O)cc1. The summed E-state index contributed by atoms with van der Waals surface area (Å²) in [6.07, 6.45) is 0.252. The third kappa shape index (κ3) is 4.28. The number of sulfone groups is 1. The van der Waals surface area contributed by atoms with E-state index in [0.717, 1.165) is 32.8 Å². The minimum atomic E-state index is -3.31. The Balaban J connectivity index is 2.00. The van der Waals surface area contributed by atoms with E-state index in [-0.39, 0.29) is 17.0 Å². The van der Waals surface area contributed by atoms with Crippen LogP contribution in [0.3, 0.4) is 0 Å². The standard InChI is InChI=1S/C25H22BrNO4S/c1-16(28)24-23(18-6-4-3-5-7-18)22-14-19(26)10-13-21(22)25(29)27(24)15-17-8-11-20(12-9-17)32(2,30)31/h3-14,16,28H,15H2,1-2H3. The van der Waals surface area contributed by atoms with Gasteiger partial charge in [0, 0.05) is 21.7 Å². The van der Waals surface area contributed by atoms with Gasteiger partial charge < -0.3 is 9.67 Å². The molecule has 0 saturated carbocycles. The third-order valence-electron chi connectivity index (χ3n) is 5.42. The molecule has 1 N–H and O–H groups in total. The molecule has 0 aliphatic heterocycles. The topological polar surface area (TPSA) is 76.4 Å². The Hall–Kier alpha value is -2.74. The number of aliphatic hydroxyl groups is 1. The van der Waals surface area contributed by atoms with Crippen LogP contribution in [0, 0.1) is 0 Å². The van der Waals surface area contributed by atoms with E-state index in [9.17, 15) is 18.3 Å². The molecule has 32 heavy (non-hydrogen) atoms. The number of aromatic nitrogens is 1.